The van der Waals surface area contributed by atoms with Gasteiger partial charge in [0.1, 0.15) is 36.3 Å². The molecule has 166 valence electrons. The van der Waals surface area contributed by atoms with Crippen molar-refractivity contribution in [1.82, 2.24) is 14.2 Å². The number of ether oxygens (including phenoxy) is 2. The van der Waals surface area contributed by atoms with Crippen molar-refractivity contribution in [3.8, 4) is 5.75 Å². The number of hydrogen-bond donors (Lipinski definition) is 4. The third-order valence-corrected chi connectivity index (χ3v) is 5.59. The van der Waals surface area contributed by atoms with Gasteiger partial charge in [-0.15, -0.1) is 5.10 Å². The molecule has 0 bridgehead atoms. The predicted molar refractivity (Wildman–Crippen MR) is 109 cm³/mol. The van der Waals surface area contributed by atoms with Gasteiger partial charge in [0.25, 0.3) is 0 Å². The Balaban J connectivity index is 1.70. The van der Waals surface area contributed by atoms with E-state index in [4.69, 9.17) is 21.1 Å². The number of benzene rings is 1. The van der Waals surface area contributed by atoms with E-state index < -0.39 is 37.1 Å². The number of aliphatic hydroxyl groups is 4. The summed E-state index contributed by atoms with van der Waals surface area (Å²) in [6.07, 6.45) is -5.08. The molecule has 0 aliphatic carbocycles. The van der Waals surface area contributed by atoms with Crippen molar-refractivity contribution in [2.24, 2.45) is 0 Å². The zero-order valence-corrected chi connectivity index (χ0v) is 17.3. The molecule has 3 aromatic rings. The number of halogens is 1. The van der Waals surface area contributed by atoms with Gasteiger partial charge in [-0.05, 0) is 29.8 Å². The number of hydrogen-bond acceptors (Lipinski definition) is 8. The molecule has 4 rings (SSSR count). The number of aliphatic hydroxyl groups excluding tert-OH is 4. The van der Waals surface area contributed by atoms with Crippen LogP contribution in [0.15, 0.2) is 41.3 Å². The summed E-state index contributed by atoms with van der Waals surface area (Å²) >= 11 is 5.96. The monoisotopic (exact) mass is 451 g/mol. The summed E-state index contributed by atoms with van der Waals surface area (Å²) in [6, 6.07) is 8.31. The molecule has 0 amide bonds. The molecule has 2 aromatic heterocycles. The van der Waals surface area contributed by atoms with Gasteiger partial charge in [0.05, 0.1) is 25.3 Å². The highest BCUT2D eigenvalue weighted by Crippen LogP contribution is 2.37. The van der Waals surface area contributed by atoms with Gasteiger partial charge in [-0.25, -0.2) is 13.9 Å². The molecular weight excluding hydrogens is 430 g/mol. The molecular formula is C20H22ClN3O7. The minimum Gasteiger partial charge on any atom is -0.496 e. The third kappa shape index (κ3) is 3.93. The van der Waals surface area contributed by atoms with Crippen molar-refractivity contribution in [2.45, 2.75) is 37.1 Å². The molecule has 1 saturated heterocycles. The minimum atomic E-state index is -1.52. The van der Waals surface area contributed by atoms with Crippen LogP contribution < -0.4 is 10.4 Å². The van der Waals surface area contributed by atoms with Gasteiger partial charge >= 0.3 is 5.69 Å². The highest BCUT2D eigenvalue weighted by molar-refractivity contribution is 6.30. The standard InChI is InChI=1S/C20H22ClN3O7/c1-30-13-4-2-10(7-24-20(29)23-8-11(21)3-5-15(23)22-24)6-12(13)19-18(28)17(27)16(26)14(9-25)31-19/h2-6,8,14,16-19,25-28H,7,9H2,1H3/t14-,16-,17+,18+,19+/m1/s1. The maximum absolute atomic E-state index is 12.6. The lowest BCUT2D eigenvalue weighted by Crippen LogP contribution is -2.55. The molecule has 1 aliphatic heterocycles. The van der Waals surface area contributed by atoms with Gasteiger partial charge in [0, 0.05) is 11.8 Å². The van der Waals surface area contributed by atoms with Crippen molar-refractivity contribution < 1.29 is 29.9 Å². The Morgan fingerprint density at radius 3 is 2.65 bits per heavy atom. The summed E-state index contributed by atoms with van der Waals surface area (Å²) < 4.78 is 13.6. The third-order valence-electron chi connectivity index (χ3n) is 5.37. The van der Waals surface area contributed by atoms with Crippen LogP contribution in [0.25, 0.3) is 5.65 Å². The van der Waals surface area contributed by atoms with Gasteiger partial charge in [0.15, 0.2) is 5.65 Å². The number of aromatic nitrogens is 3. The lowest BCUT2D eigenvalue weighted by Gasteiger charge is -2.40. The first kappa shape index (κ1) is 21.8. The Bertz CT molecular complexity index is 1150. The summed E-state index contributed by atoms with van der Waals surface area (Å²) in [7, 11) is 1.44. The van der Waals surface area contributed by atoms with Crippen molar-refractivity contribution in [2.75, 3.05) is 13.7 Å². The molecule has 1 aromatic carbocycles. The van der Waals surface area contributed by atoms with Gasteiger partial charge in [-0.1, -0.05) is 17.7 Å². The molecule has 1 fully saturated rings. The molecule has 0 spiro atoms. The first-order valence-electron chi connectivity index (χ1n) is 9.56. The fraction of sp³-hybridized carbons (Fsp3) is 0.400. The zero-order chi connectivity index (χ0) is 22.3. The molecule has 0 unspecified atom stereocenters. The van der Waals surface area contributed by atoms with Crippen LogP contribution in [0.2, 0.25) is 5.02 Å². The molecule has 0 saturated carbocycles. The second kappa shape index (κ2) is 8.58. The van der Waals surface area contributed by atoms with E-state index in [1.165, 1.54) is 22.4 Å². The van der Waals surface area contributed by atoms with Crippen molar-refractivity contribution in [1.29, 1.82) is 0 Å². The second-order valence-corrected chi connectivity index (χ2v) is 7.78. The van der Waals surface area contributed by atoms with E-state index in [2.05, 4.69) is 5.10 Å². The van der Waals surface area contributed by atoms with E-state index in [9.17, 15) is 25.2 Å². The quantitative estimate of drug-likeness (QED) is 0.415. The summed E-state index contributed by atoms with van der Waals surface area (Å²) in [5, 5.41) is 44.8. The molecule has 4 N–H and O–H groups in total. The average Bonchev–Trinajstić information content (AvgIpc) is 3.07. The smallest absolute Gasteiger partial charge is 0.350 e. The van der Waals surface area contributed by atoms with E-state index in [1.807, 2.05) is 0 Å². The summed E-state index contributed by atoms with van der Waals surface area (Å²) in [5.74, 6) is 0.377. The lowest BCUT2D eigenvalue weighted by molar-refractivity contribution is -0.232. The Morgan fingerprint density at radius 1 is 1.16 bits per heavy atom. The first-order chi connectivity index (χ1) is 14.8. The number of pyridine rings is 1. The average molecular weight is 452 g/mol. The van der Waals surface area contributed by atoms with Gasteiger partial charge in [-0.2, -0.15) is 0 Å². The van der Waals surface area contributed by atoms with Crippen LogP contribution in [-0.4, -0.2) is 72.7 Å². The molecule has 10 nitrogen and oxygen atoms in total. The topological polar surface area (TPSA) is 139 Å². The highest BCUT2D eigenvalue weighted by atomic mass is 35.5. The summed E-state index contributed by atoms with van der Waals surface area (Å²) in [6.45, 7) is -0.421. The number of nitrogens with zero attached hydrogens (tertiary/aromatic N) is 3. The van der Waals surface area contributed by atoms with Crippen molar-refractivity contribution in [3.05, 3.63) is 63.2 Å². The van der Waals surface area contributed by atoms with Crippen LogP contribution in [0.4, 0.5) is 0 Å². The predicted octanol–water partition coefficient (Wildman–Crippen LogP) is -0.279. The van der Waals surface area contributed by atoms with Crippen molar-refractivity contribution >= 4 is 17.2 Å². The van der Waals surface area contributed by atoms with E-state index >= 15 is 0 Å². The normalized spacial score (nSPS) is 26.3. The first-order valence-corrected chi connectivity index (χ1v) is 9.94. The van der Waals surface area contributed by atoms with Gasteiger partial charge in [0.2, 0.25) is 0 Å². The van der Waals surface area contributed by atoms with Crippen LogP contribution in [0.3, 0.4) is 0 Å². The van der Waals surface area contributed by atoms with Crippen LogP contribution in [0.1, 0.15) is 17.2 Å². The SMILES string of the molecule is COc1ccc(Cn2nc3ccc(Cl)cn3c2=O)cc1[C@@H]1O[C@H](CO)[C@@H](O)[C@H](O)[C@@H]1O. The number of methoxy groups -OCH3 is 1. The minimum absolute atomic E-state index is 0.118. The molecule has 31 heavy (non-hydrogen) atoms. The zero-order valence-electron chi connectivity index (χ0n) is 16.5. The Kier molecular flexibility index (Phi) is 6.02. The van der Waals surface area contributed by atoms with Crippen LogP contribution in [0, 0.1) is 0 Å². The summed E-state index contributed by atoms with van der Waals surface area (Å²) in [5.41, 5.74) is 1.13. The van der Waals surface area contributed by atoms with E-state index in [0.717, 1.165) is 0 Å². The number of fused-ring (bicyclic) bond motifs is 1. The van der Waals surface area contributed by atoms with Crippen LogP contribution >= 0.6 is 11.6 Å². The fourth-order valence-corrected chi connectivity index (χ4v) is 3.89. The largest absolute Gasteiger partial charge is 0.496 e. The van der Waals surface area contributed by atoms with Crippen LogP contribution in [-0.2, 0) is 11.3 Å². The molecule has 11 heteroatoms. The van der Waals surface area contributed by atoms with Crippen molar-refractivity contribution in [3.63, 3.8) is 0 Å². The Morgan fingerprint density at radius 2 is 1.94 bits per heavy atom. The van der Waals surface area contributed by atoms with Crippen LogP contribution in [0.5, 0.6) is 5.75 Å². The molecule has 3 heterocycles. The Hall–Kier alpha value is -2.47. The molecule has 0 radical (unpaired) electrons. The van der Waals surface area contributed by atoms with E-state index in [0.29, 0.717) is 27.5 Å². The maximum atomic E-state index is 12.6. The van der Waals surface area contributed by atoms with Gasteiger partial charge < -0.3 is 29.9 Å². The maximum Gasteiger partial charge on any atom is 0.350 e. The molecule has 1 aliphatic rings. The summed E-state index contributed by atoms with van der Waals surface area (Å²) in [4.78, 5) is 12.6. The van der Waals surface area contributed by atoms with E-state index in [1.54, 1.807) is 30.3 Å². The second-order valence-electron chi connectivity index (χ2n) is 7.34. The highest BCUT2D eigenvalue weighted by Gasteiger charge is 2.44. The van der Waals surface area contributed by atoms with Gasteiger partial charge in [-0.3, -0.25) is 0 Å². The van der Waals surface area contributed by atoms with E-state index in [-0.39, 0.29) is 12.2 Å². The Labute approximate surface area is 181 Å². The number of rotatable bonds is 5. The molecule has 5 atom stereocenters. The lowest BCUT2D eigenvalue weighted by atomic mass is 9.90. The fourth-order valence-electron chi connectivity index (χ4n) is 3.73.